The smallest absolute Gasteiger partial charge is 0.311 e. The van der Waals surface area contributed by atoms with Crippen LogP contribution in [0.25, 0.3) is 0 Å². The topological polar surface area (TPSA) is 78.6 Å². The van der Waals surface area contributed by atoms with Gasteiger partial charge >= 0.3 is 5.69 Å². The highest BCUT2D eigenvalue weighted by Crippen LogP contribution is 2.40. The Kier molecular flexibility index (Phi) is 4.84. The average Bonchev–Trinajstić information content (AvgIpc) is 3.18. The lowest BCUT2D eigenvalue weighted by Crippen LogP contribution is -2.30. The monoisotopic (exact) mass is 367 g/mol. The largest absolute Gasteiger partial charge is 0.325 e. The first-order valence-corrected chi connectivity index (χ1v) is 9.87. The SMILES string of the molecule is O=c1[nH]c(=O)c(Cc2nccs2)c([C@H]2CC[C@H](c3ccccc3)CC2)[nH]1. The fourth-order valence-corrected chi connectivity index (χ4v) is 4.61. The van der Waals surface area contributed by atoms with Crippen LogP contribution in [-0.2, 0) is 6.42 Å². The molecule has 134 valence electrons. The summed E-state index contributed by atoms with van der Waals surface area (Å²) in [7, 11) is 0. The molecule has 2 N–H and O–H groups in total. The van der Waals surface area contributed by atoms with E-state index >= 15 is 0 Å². The molecule has 0 spiro atoms. The standard InChI is InChI=1S/C20H21N3O2S/c24-19-16(12-17-21-10-11-26-17)18(22-20(25)23-19)15-8-6-14(7-9-15)13-4-2-1-3-5-13/h1-5,10-11,14-15H,6-9,12H2,(H2,22,23,24,25)/t14-,15-. The molecule has 1 aromatic carbocycles. The molecule has 2 heterocycles. The Morgan fingerprint density at radius 1 is 1.00 bits per heavy atom. The molecule has 0 saturated heterocycles. The lowest BCUT2D eigenvalue weighted by molar-refractivity contribution is 0.388. The van der Waals surface area contributed by atoms with Crippen LogP contribution in [-0.4, -0.2) is 15.0 Å². The van der Waals surface area contributed by atoms with E-state index in [4.69, 9.17) is 0 Å². The summed E-state index contributed by atoms with van der Waals surface area (Å²) in [6.45, 7) is 0. The zero-order chi connectivity index (χ0) is 17.9. The van der Waals surface area contributed by atoms with E-state index in [0.29, 0.717) is 17.9 Å². The molecule has 1 saturated carbocycles. The van der Waals surface area contributed by atoms with E-state index in [1.165, 1.54) is 16.9 Å². The second-order valence-electron chi connectivity index (χ2n) is 6.86. The van der Waals surface area contributed by atoms with Gasteiger partial charge in [0.15, 0.2) is 0 Å². The zero-order valence-electron chi connectivity index (χ0n) is 14.4. The number of H-pyrrole nitrogens is 2. The van der Waals surface area contributed by atoms with Gasteiger partial charge in [-0.1, -0.05) is 30.3 Å². The van der Waals surface area contributed by atoms with Crippen molar-refractivity contribution in [3.05, 3.63) is 84.6 Å². The van der Waals surface area contributed by atoms with Gasteiger partial charge in [0.25, 0.3) is 5.56 Å². The fraction of sp³-hybridized carbons (Fsp3) is 0.350. The second kappa shape index (κ2) is 7.41. The molecule has 0 amide bonds. The van der Waals surface area contributed by atoms with Crippen molar-refractivity contribution in [1.29, 1.82) is 0 Å². The Balaban J connectivity index is 1.58. The lowest BCUT2D eigenvalue weighted by atomic mass is 9.76. The number of thiazole rings is 1. The van der Waals surface area contributed by atoms with Gasteiger partial charge in [-0.3, -0.25) is 9.78 Å². The molecule has 1 fully saturated rings. The molecule has 6 heteroatoms. The number of nitrogens with one attached hydrogen (secondary N) is 2. The minimum Gasteiger partial charge on any atom is -0.311 e. The highest BCUT2D eigenvalue weighted by Gasteiger charge is 2.27. The van der Waals surface area contributed by atoms with E-state index in [2.05, 4.69) is 39.2 Å². The Morgan fingerprint density at radius 2 is 1.73 bits per heavy atom. The molecule has 2 aromatic heterocycles. The van der Waals surface area contributed by atoms with Crippen LogP contribution >= 0.6 is 11.3 Å². The van der Waals surface area contributed by atoms with Crippen LogP contribution in [0.4, 0.5) is 0 Å². The van der Waals surface area contributed by atoms with Gasteiger partial charge < -0.3 is 4.98 Å². The van der Waals surface area contributed by atoms with Crippen LogP contribution in [0.15, 0.2) is 51.5 Å². The molecule has 0 bridgehead atoms. The van der Waals surface area contributed by atoms with E-state index in [-0.39, 0.29) is 11.5 Å². The Labute approximate surface area is 155 Å². The van der Waals surface area contributed by atoms with Gasteiger partial charge in [-0.05, 0) is 43.1 Å². The van der Waals surface area contributed by atoms with Gasteiger partial charge in [-0.15, -0.1) is 11.3 Å². The molecule has 1 aliphatic carbocycles. The molecular formula is C20H21N3O2S. The number of nitrogens with zero attached hydrogens (tertiary/aromatic N) is 1. The number of rotatable bonds is 4. The van der Waals surface area contributed by atoms with Crippen molar-refractivity contribution in [2.45, 2.75) is 43.9 Å². The van der Waals surface area contributed by atoms with Crippen LogP contribution in [0, 0.1) is 0 Å². The predicted molar refractivity (Wildman–Crippen MR) is 103 cm³/mol. The van der Waals surface area contributed by atoms with Crippen LogP contribution in [0.1, 0.15) is 59.3 Å². The number of hydrogen-bond donors (Lipinski definition) is 2. The van der Waals surface area contributed by atoms with Crippen LogP contribution < -0.4 is 11.2 Å². The van der Waals surface area contributed by atoms with Gasteiger partial charge in [0.2, 0.25) is 0 Å². The summed E-state index contributed by atoms with van der Waals surface area (Å²) >= 11 is 1.53. The summed E-state index contributed by atoms with van der Waals surface area (Å²) in [6, 6.07) is 10.6. The summed E-state index contributed by atoms with van der Waals surface area (Å²) in [5.74, 6) is 0.781. The third-order valence-corrected chi connectivity index (χ3v) is 6.07. The lowest BCUT2D eigenvalue weighted by Gasteiger charge is -2.29. The van der Waals surface area contributed by atoms with Crippen LogP contribution in [0.5, 0.6) is 0 Å². The molecule has 3 aromatic rings. The van der Waals surface area contributed by atoms with Gasteiger partial charge in [-0.25, -0.2) is 9.78 Å². The first-order chi connectivity index (χ1) is 12.7. The van der Waals surface area contributed by atoms with Gasteiger partial charge in [0, 0.05) is 29.3 Å². The fourth-order valence-electron chi connectivity index (χ4n) is 3.99. The van der Waals surface area contributed by atoms with E-state index < -0.39 is 5.69 Å². The van der Waals surface area contributed by atoms with Crippen molar-refractivity contribution >= 4 is 11.3 Å². The first-order valence-electron chi connectivity index (χ1n) is 8.99. The predicted octanol–water partition coefficient (Wildman–Crippen LogP) is 3.55. The first kappa shape index (κ1) is 17.0. The molecule has 0 unspecified atom stereocenters. The maximum Gasteiger partial charge on any atom is 0.325 e. The third kappa shape index (κ3) is 3.55. The summed E-state index contributed by atoms with van der Waals surface area (Å²) < 4.78 is 0. The normalized spacial score (nSPS) is 20.2. The Bertz CT molecular complexity index is 968. The van der Waals surface area contributed by atoms with Crippen molar-refractivity contribution in [1.82, 2.24) is 15.0 Å². The van der Waals surface area contributed by atoms with E-state index in [9.17, 15) is 9.59 Å². The highest BCUT2D eigenvalue weighted by atomic mass is 32.1. The minimum absolute atomic E-state index is 0.222. The summed E-state index contributed by atoms with van der Waals surface area (Å²) in [4.78, 5) is 33.9. The van der Waals surface area contributed by atoms with Crippen molar-refractivity contribution < 1.29 is 0 Å². The zero-order valence-corrected chi connectivity index (χ0v) is 15.2. The third-order valence-electron chi connectivity index (χ3n) is 5.29. The average molecular weight is 367 g/mol. The molecule has 0 radical (unpaired) electrons. The van der Waals surface area contributed by atoms with Crippen molar-refractivity contribution in [2.75, 3.05) is 0 Å². The summed E-state index contributed by atoms with van der Waals surface area (Å²) in [5.41, 5.74) is 2.14. The summed E-state index contributed by atoms with van der Waals surface area (Å²) in [5, 5.41) is 2.79. The van der Waals surface area contributed by atoms with Gasteiger partial charge in [0.1, 0.15) is 0 Å². The van der Waals surface area contributed by atoms with E-state index in [0.717, 1.165) is 36.4 Å². The molecule has 5 nitrogen and oxygen atoms in total. The van der Waals surface area contributed by atoms with Gasteiger partial charge in [-0.2, -0.15) is 0 Å². The number of aromatic nitrogens is 3. The van der Waals surface area contributed by atoms with Crippen molar-refractivity contribution in [2.24, 2.45) is 0 Å². The van der Waals surface area contributed by atoms with Gasteiger partial charge in [0.05, 0.1) is 5.01 Å². The number of benzene rings is 1. The van der Waals surface area contributed by atoms with E-state index in [1.807, 2.05) is 11.4 Å². The molecule has 4 rings (SSSR count). The molecular weight excluding hydrogens is 346 g/mol. The molecule has 1 aliphatic rings. The van der Waals surface area contributed by atoms with Crippen molar-refractivity contribution in [3.63, 3.8) is 0 Å². The maximum atomic E-state index is 12.4. The summed E-state index contributed by atoms with van der Waals surface area (Å²) in [6.07, 6.45) is 6.30. The van der Waals surface area contributed by atoms with Crippen LogP contribution in [0.3, 0.4) is 0 Å². The number of hydrogen-bond acceptors (Lipinski definition) is 4. The van der Waals surface area contributed by atoms with Crippen LogP contribution in [0.2, 0.25) is 0 Å². The molecule has 0 aliphatic heterocycles. The molecule has 0 atom stereocenters. The quantitative estimate of drug-likeness (QED) is 0.740. The molecule has 26 heavy (non-hydrogen) atoms. The Hall–Kier alpha value is -2.47. The van der Waals surface area contributed by atoms with Crippen molar-refractivity contribution in [3.8, 4) is 0 Å². The Morgan fingerprint density at radius 3 is 2.42 bits per heavy atom. The van der Waals surface area contributed by atoms with E-state index in [1.54, 1.807) is 6.20 Å². The second-order valence-corrected chi connectivity index (χ2v) is 7.84. The number of aromatic amines is 2. The minimum atomic E-state index is -0.418. The highest BCUT2D eigenvalue weighted by molar-refractivity contribution is 7.09. The maximum absolute atomic E-state index is 12.4.